The van der Waals surface area contributed by atoms with Gasteiger partial charge in [-0.2, -0.15) is 0 Å². The van der Waals surface area contributed by atoms with E-state index in [1.54, 1.807) is 0 Å². The van der Waals surface area contributed by atoms with Gasteiger partial charge in [-0.05, 0) is 35.2 Å². The first-order chi connectivity index (χ1) is 9.92. The Hall–Kier alpha value is -2.19. The summed E-state index contributed by atoms with van der Waals surface area (Å²) in [5.41, 5.74) is 5.14. The monoisotopic (exact) mass is 260 g/mol. The number of fused-ring (bicyclic) bond motifs is 2. The number of hydrogen-bond acceptors (Lipinski definition) is 2. The van der Waals surface area contributed by atoms with E-state index in [1.807, 2.05) is 12.3 Å². The fourth-order valence-electron chi connectivity index (χ4n) is 3.05. The Morgan fingerprint density at radius 3 is 2.85 bits per heavy atom. The van der Waals surface area contributed by atoms with E-state index >= 15 is 0 Å². The van der Waals surface area contributed by atoms with Gasteiger partial charge in [-0.3, -0.25) is 4.98 Å². The quantitative estimate of drug-likeness (QED) is 0.724. The summed E-state index contributed by atoms with van der Waals surface area (Å²) in [5, 5.41) is 4.82. The van der Waals surface area contributed by atoms with Crippen LogP contribution in [0, 0.1) is 0 Å². The third kappa shape index (κ3) is 1.89. The number of benzene rings is 2. The highest BCUT2D eigenvalue weighted by Crippen LogP contribution is 2.29. The first-order valence-electron chi connectivity index (χ1n) is 7.08. The second-order valence-corrected chi connectivity index (χ2v) is 5.30. The molecule has 1 atom stereocenters. The molecule has 0 amide bonds. The van der Waals surface area contributed by atoms with Crippen LogP contribution >= 0.6 is 0 Å². The molecular weight excluding hydrogens is 244 g/mol. The fraction of sp³-hybridized carbons (Fsp3) is 0.167. The third-order valence-corrected chi connectivity index (χ3v) is 4.05. The fourth-order valence-corrected chi connectivity index (χ4v) is 3.05. The SMILES string of the molecule is c1ccc2c(c1)CCNC2c1cnc2ccccc2c1. The van der Waals surface area contributed by atoms with Crippen LogP contribution in [0.15, 0.2) is 60.8 Å². The normalized spacial score (nSPS) is 17.9. The first-order valence-corrected chi connectivity index (χ1v) is 7.08. The molecule has 0 bridgehead atoms. The molecule has 0 fully saturated rings. The second kappa shape index (κ2) is 4.73. The number of hydrogen-bond donors (Lipinski definition) is 1. The van der Waals surface area contributed by atoms with Crippen molar-refractivity contribution in [1.29, 1.82) is 0 Å². The van der Waals surface area contributed by atoms with Crippen LogP contribution in [0.5, 0.6) is 0 Å². The molecule has 0 spiro atoms. The van der Waals surface area contributed by atoms with Gasteiger partial charge in [0.05, 0.1) is 11.6 Å². The summed E-state index contributed by atoms with van der Waals surface area (Å²) >= 11 is 0. The van der Waals surface area contributed by atoms with Crippen LogP contribution in [-0.2, 0) is 6.42 Å². The van der Waals surface area contributed by atoms with Crippen LogP contribution in [-0.4, -0.2) is 11.5 Å². The molecule has 1 N–H and O–H groups in total. The standard InChI is InChI=1S/C18H16N2/c1-3-7-16-13(5-1)9-10-19-18(16)15-11-14-6-2-4-8-17(14)20-12-15/h1-8,11-12,18-19H,9-10H2. The molecule has 4 rings (SSSR count). The van der Waals surface area contributed by atoms with Crippen LogP contribution in [0.4, 0.5) is 0 Å². The van der Waals surface area contributed by atoms with Crippen LogP contribution in [0.2, 0.25) is 0 Å². The van der Waals surface area contributed by atoms with Crippen molar-refractivity contribution >= 4 is 10.9 Å². The van der Waals surface area contributed by atoms with Crippen molar-refractivity contribution < 1.29 is 0 Å². The van der Waals surface area contributed by atoms with Gasteiger partial charge in [-0.1, -0.05) is 42.5 Å². The molecule has 2 aromatic carbocycles. The van der Waals surface area contributed by atoms with Crippen LogP contribution in [0.3, 0.4) is 0 Å². The topological polar surface area (TPSA) is 24.9 Å². The van der Waals surface area contributed by atoms with Gasteiger partial charge in [0, 0.05) is 18.1 Å². The molecule has 2 heterocycles. The molecule has 3 aromatic rings. The first kappa shape index (κ1) is 11.6. The summed E-state index contributed by atoms with van der Waals surface area (Å²) in [4.78, 5) is 4.59. The highest BCUT2D eigenvalue weighted by Gasteiger charge is 2.21. The summed E-state index contributed by atoms with van der Waals surface area (Å²) < 4.78 is 0. The Morgan fingerprint density at radius 1 is 1.00 bits per heavy atom. The van der Waals surface area contributed by atoms with Crippen molar-refractivity contribution in [2.24, 2.45) is 0 Å². The predicted octanol–water partition coefficient (Wildman–Crippen LogP) is 3.47. The minimum absolute atomic E-state index is 0.261. The van der Waals surface area contributed by atoms with Crippen molar-refractivity contribution in [1.82, 2.24) is 10.3 Å². The Balaban J connectivity index is 1.84. The van der Waals surface area contributed by atoms with Crippen molar-refractivity contribution in [2.45, 2.75) is 12.5 Å². The zero-order valence-electron chi connectivity index (χ0n) is 11.2. The van der Waals surface area contributed by atoms with E-state index in [4.69, 9.17) is 0 Å². The molecule has 2 nitrogen and oxygen atoms in total. The summed E-state index contributed by atoms with van der Waals surface area (Å²) in [6, 6.07) is 19.5. The lowest BCUT2D eigenvalue weighted by atomic mass is 9.90. The number of rotatable bonds is 1. The lowest BCUT2D eigenvalue weighted by molar-refractivity contribution is 0.567. The average molecular weight is 260 g/mol. The molecule has 0 aliphatic carbocycles. The molecule has 20 heavy (non-hydrogen) atoms. The summed E-state index contributed by atoms with van der Waals surface area (Å²) in [6.45, 7) is 1.02. The van der Waals surface area contributed by atoms with Gasteiger partial charge in [0.15, 0.2) is 0 Å². The van der Waals surface area contributed by atoms with Gasteiger partial charge in [0.2, 0.25) is 0 Å². The van der Waals surface area contributed by atoms with Crippen LogP contribution < -0.4 is 5.32 Å². The van der Waals surface area contributed by atoms with Gasteiger partial charge >= 0.3 is 0 Å². The van der Waals surface area contributed by atoms with Crippen LogP contribution in [0.1, 0.15) is 22.7 Å². The molecule has 2 heteroatoms. The Morgan fingerprint density at radius 2 is 1.85 bits per heavy atom. The molecule has 1 aromatic heterocycles. The molecule has 0 saturated carbocycles. The smallest absolute Gasteiger partial charge is 0.0702 e. The van der Waals surface area contributed by atoms with Gasteiger partial charge in [-0.15, -0.1) is 0 Å². The highest BCUT2D eigenvalue weighted by molar-refractivity contribution is 5.79. The molecule has 1 aliphatic heterocycles. The zero-order valence-corrected chi connectivity index (χ0v) is 11.2. The van der Waals surface area contributed by atoms with Crippen LogP contribution in [0.25, 0.3) is 10.9 Å². The Kier molecular flexibility index (Phi) is 2.75. The van der Waals surface area contributed by atoms with E-state index in [0.29, 0.717) is 0 Å². The minimum atomic E-state index is 0.261. The van der Waals surface area contributed by atoms with E-state index in [9.17, 15) is 0 Å². The van der Waals surface area contributed by atoms with E-state index < -0.39 is 0 Å². The molecule has 0 saturated heterocycles. The van der Waals surface area contributed by atoms with E-state index in [2.05, 4.69) is 58.8 Å². The lowest BCUT2D eigenvalue weighted by Crippen LogP contribution is -2.30. The van der Waals surface area contributed by atoms with Gasteiger partial charge in [0.1, 0.15) is 0 Å². The summed E-state index contributed by atoms with van der Waals surface area (Å²) in [7, 11) is 0. The van der Waals surface area contributed by atoms with Crippen molar-refractivity contribution in [3.63, 3.8) is 0 Å². The number of nitrogens with zero attached hydrogens (tertiary/aromatic N) is 1. The number of aromatic nitrogens is 1. The summed E-state index contributed by atoms with van der Waals surface area (Å²) in [5.74, 6) is 0. The number of para-hydroxylation sites is 1. The maximum absolute atomic E-state index is 4.59. The van der Waals surface area contributed by atoms with Gasteiger partial charge < -0.3 is 5.32 Å². The predicted molar refractivity (Wildman–Crippen MR) is 81.7 cm³/mol. The largest absolute Gasteiger partial charge is 0.306 e. The Labute approximate surface area is 118 Å². The molecule has 98 valence electrons. The molecule has 0 radical (unpaired) electrons. The zero-order chi connectivity index (χ0) is 13.4. The maximum Gasteiger partial charge on any atom is 0.0702 e. The third-order valence-electron chi connectivity index (χ3n) is 4.05. The summed E-state index contributed by atoms with van der Waals surface area (Å²) in [6.07, 6.45) is 3.11. The average Bonchev–Trinajstić information content (AvgIpc) is 2.54. The van der Waals surface area contributed by atoms with Gasteiger partial charge in [-0.25, -0.2) is 0 Å². The number of nitrogens with one attached hydrogen (secondary N) is 1. The minimum Gasteiger partial charge on any atom is -0.306 e. The number of pyridine rings is 1. The van der Waals surface area contributed by atoms with E-state index in [0.717, 1.165) is 18.5 Å². The van der Waals surface area contributed by atoms with Gasteiger partial charge in [0.25, 0.3) is 0 Å². The molecule has 1 aliphatic rings. The molecule has 1 unspecified atom stereocenters. The Bertz CT molecular complexity index is 764. The highest BCUT2D eigenvalue weighted by atomic mass is 14.9. The second-order valence-electron chi connectivity index (χ2n) is 5.30. The van der Waals surface area contributed by atoms with E-state index in [-0.39, 0.29) is 6.04 Å². The van der Waals surface area contributed by atoms with Crippen molar-refractivity contribution in [3.8, 4) is 0 Å². The maximum atomic E-state index is 4.59. The molecular formula is C18H16N2. The van der Waals surface area contributed by atoms with Crippen molar-refractivity contribution in [3.05, 3.63) is 77.5 Å². The lowest BCUT2D eigenvalue weighted by Gasteiger charge is -2.27. The van der Waals surface area contributed by atoms with Crippen molar-refractivity contribution in [2.75, 3.05) is 6.54 Å². The van der Waals surface area contributed by atoms with E-state index in [1.165, 1.54) is 22.1 Å².